The van der Waals surface area contributed by atoms with Crippen molar-refractivity contribution < 1.29 is 18.0 Å². The summed E-state index contributed by atoms with van der Waals surface area (Å²) in [6, 6.07) is 6.25. The van der Waals surface area contributed by atoms with Crippen molar-refractivity contribution in [2.75, 3.05) is 26.2 Å². The Bertz CT molecular complexity index is 760. The van der Waals surface area contributed by atoms with Crippen molar-refractivity contribution in [3.05, 3.63) is 71.6 Å². The van der Waals surface area contributed by atoms with Crippen LogP contribution in [-0.4, -0.2) is 41.9 Å². The van der Waals surface area contributed by atoms with Crippen LogP contribution < -0.4 is 0 Å². The number of carbonyl (C=O) groups excluding carboxylic acids is 1. The number of halogens is 3. The lowest BCUT2D eigenvalue weighted by Gasteiger charge is -2.35. The maximum absolute atomic E-state index is 13.6. The summed E-state index contributed by atoms with van der Waals surface area (Å²) in [5, 5.41) is 0. The SMILES string of the molecule is C=CC(F)(F)c1ccc(CN2CCN(C(=O)C3=CC(F)=CCC3)CC2)cc1. The predicted molar refractivity (Wildman–Crippen MR) is 98.9 cm³/mol. The smallest absolute Gasteiger partial charge is 0.291 e. The highest BCUT2D eigenvalue weighted by molar-refractivity contribution is 5.94. The van der Waals surface area contributed by atoms with Gasteiger partial charge < -0.3 is 4.90 Å². The van der Waals surface area contributed by atoms with Crippen LogP contribution in [0.1, 0.15) is 24.0 Å². The van der Waals surface area contributed by atoms with E-state index in [9.17, 15) is 18.0 Å². The molecule has 1 aliphatic heterocycles. The predicted octanol–water partition coefficient (Wildman–Crippen LogP) is 4.18. The summed E-state index contributed by atoms with van der Waals surface area (Å²) in [5.41, 5.74) is 1.40. The molecule has 1 fully saturated rings. The summed E-state index contributed by atoms with van der Waals surface area (Å²) < 4.78 is 40.5. The molecule has 0 saturated carbocycles. The molecule has 1 aromatic rings. The van der Waals surface area contributed by atoms with Gasteiger partial charge in [0.2, 0.25) is 5.91 Å². The van der Waals surface area contributed by atoms with E-state index < -0.39 is 5.92 Å². The molecule has 144 valence electrons. The van der Waals surface area contributed by atoms with Crippen LogP contribution in [0.3, 0.4) is 0 Å². The summed E-state index contributed by atoms with van der Waals surface area (Å²) in [7, 11) is 0. The number of nitrogens with zero attached hydrogens (tertiary/aromatic N) is 2. The van der Waals surface area contributed by atoms with Crippen LogP contribution in [0.15, 0.2) is 60.5 Å². The van der Waals surface area contributed by atoms with Gasteiger partial charge in [-0.25, -0.2) is 4.39 Å². The van der Waals surface area contributed by atoms with E-state index in [1.165, 1.54) is 24.3 Å². The molecule has 6 heteroatoms. The molecule has 3 rings (SSSR count). The third-order valence-corrected chi connectivity index (χ3v) is 5.00. The van der Waals surface area contributed by atoms with Crippen LogP contribution in [-0.2, 0) is 17.3 Å². The van der Waals surface area contributed by atoms with Crippen molar-refractivity contribution in [2.24, 2.45) is 0 Å². The van der Waals surface area contributed by atoms with Crippen molar-refractivity contribution in [2.45, 2.75) is 25.3 Å². The van der Waals surface area contributed by atoms with Crippen LogP contribution >= 0.6 is 0 Å². The number of amides is 1. The van der Waals surface area contributed by atoms with Crippen molar-refractivity contribution in [3.63, 3.8) is 0 Å². The van der Waals surface area contributed by atoms with Gasteiger partial charge in [-0.2, -0.15) is 8.78 Å². The molecular weight excluding hydrogens is 353 g/mol. The number of hydrogen-bond donors (Lipinski definition) is 0. The second-order valence-corrected chi connectivity index (χ2v) is 6.89. The van der Waals surface area contributed by atoms with Gasteiger partial charge in [0.05, 0.1) is 0 Å². The van der Waals surface area contributed by atoms with Crippen LogP contribution in [0.5, 0.6) is 0 Å². The molecule has 0 N–H and O–H groups in total. The molecule has 0 spiro atoms. The molecule has 0 radical (unpaired) electrons. The van der Waals surface area contributed by atoms with Crippen LogP contribution in [0, 0.1) is 0 Å². The number of carbonyl (C=O) groups is 1. The van der Waals surface area contributed by atoms with Crippen molar-refractivity contribution in [3.8, 4) is 0 Å². The first-order valence-corrected chi connectivity index (χ1v) is 9.08. The first-order chi connectivity index (χ1) is 12.9. The molecule has 0 unspecified atom stereocenters. The van der Waals surface area contributed by atoms with E-state index >= 15 is 0 Å². The van der Waals surface area contributed by atoms with Gasteiger partial charge in [0.15, 0.2) is 0 Å². The van der Waals surface area contributed by atoms with Gasteiger partial charge in [-0.05, 0) is 36.6 Å². The van der Waals surface area contributed by atoms with E-state index in [-0.39, 0.29) is 17.3 Å². The number of hydrogen-bond acceptors (Lipinski definition) is 2. The Kier molecular flexibility index (Phi) is 5.85. The fourth-order valence-corrected chi connectivity index (χ4v) is 3.35. The Morgan fingerprint density at radius 3 is 2.41 bits per heavy atom. The molecular formula is C21H23F3N2O. The van der Waals surface area contributed by atoms with Crippen LogP contribution in [0.4, 0.5) is 13.2 Å². The lowest BCUT2D eigenvalue weighted by molar-refractivity contribution is -0.129. The minimum atomic E-state index is -3.02. The fourth-order valence-electron chi connectivity index (χ4n) is 3.35. The Hall–Kier alpha value is -2.34. The van der Waals surface area contributed by atoms with Crippen molar-refractivity contribution in [1.29, 1.82) is 0 Å². The normalized spacial score (nSPS) is 18.7. The maximum atomic E-state index is 13.6. The van der Waals surface area contributed by atoms with E-state index in [0.29, 0.717) is 57.2 Å². The number of allylic oxidation sites excluding steroid dienone is 4. The second kappa shape index (κ2) is 8.13. The highest BCUT2D eigenvalue weighted by atomic mass is 19.3. The summed E-state index contributed by atoms with van der Waals surface area (Å²) >= 11 is 0. The lowest BCUT2D eigenvalue weighted by atomic mass is 10.0. The van der Waals surface area contributed by atoms with Gasteiger partial charge in [0, 0.05) is 43.9 Å². The topological polar surface area (TPSA) is 23.6 Å². The zero-order valence-corrected chi connectivity index (χ0v) is 15.1. The highest BCUT2D eigenvalue weighted by Crippen LogP contribution is 2.29. The Morgan fingerprint density at radius 2 is 1.81 bits per heavy atom. The first-order valence-electron chi connectivity index (χ1n) is 9.08. The van der Waals surface area contributed by atoms with Gasteiger partial charge in [0.1, 0.15) is 5.83 Å². The minimum absolute atomic E-state index is 0.0706. The number of benzene rings is 1. The van der Waals surface area contributed by atoms with Gasteiger partial charge in [-0.15, -0.1) is 0 Å². The first kappa shape index (κ1) is 19.4. The average Bonchev–Trinajstić information content (AvgIpc) is 2.68. The van der Waals surface area contributed by atoms with E-state index in [2.05, 4.69) is 11.5 Å². The summed E-state index contributed by atoms with van der Waals surface area (Å²) in [4.78, 5) is 16.4. The molecule has 1 aliphatic carbocycles. The number of alkyl halides is 2. The second-order valence-electron chi connectivity index (χ2n) is 6.89. The third-order valence-electron chi connectivity index (χ3n) is 5.00. The number of piperazine rings is 1. The zero-order chi connectivity index (χ0) is 19.4. The summed E-state index contributed by atoms with van der Waals surface area (Å²) in [6.45, 7) is 6.35. The number of rotatable bonds is 5. The van der Waals surface area contributed by atoms with Crippen LogP contribution in [0.25, 0.3) is 0 Å². The van der Waals surface area contributed by atoms with Crippen LogP contribution in [0.2, 0.25) is 0 Å². The van der Waals surface area contributed by atoms with Gasteiger partial charge in [-0.3, -0.25) is 9.69 Å². The minimum Gasteiger partial charge on any atom is -0.336 e. The molecule has 0 aromatic heterocycles. The maximum Gasteiger partial charge on any atom is 0.291 e. The monoisotopic (exact) mass is 376 g/mol. The largest absolute Gasteiger partial charge is 0.336 e. The van der Waals surface area contributed by atoms with Crippen molar-refractivity contribution in [1.82, 2.24) is 9.80 Å². The standard InChI is InChI=1S/C21H23F3N2O/c1-2-21(23,24)18-8-6-16(7-9-18)15-25-10-12-26(13-11-25)20(27)17-4-3-5-19(22)14-17/h2,5-9,14H,1,3-4,10-13,15H2. The molecule has 0 atom stereocenters. The summed E-state index contributed by atoms with van der Waals surface area (Å²) in [6.07, 6.45) is 4.60. The average molecular weight is 376 g/mol. The Morgan fingerprint density at radius 1 is 1.15 bits per heavy atom. The van der Waals surface area contributed by atoms with E-state index in [1.54, 1.807) is 17.0 Å². The Labute approximate surface area is 157 Å². The third kappa shape index (κ3) is 4.69. The molecule has 2 aliphatic rings. The van der Waals surface area contributed by atoms with Crippen molar-refractivity contribution >= 4 is 5.91 Å². The molecule has 3 nitrogen and oxygen atoms in total. The fraction of sp³-hybridized carbons (Fsp3) is 0.381. The van der Waals surface area contributed by atoms with E-state index in [0.717, 1.165) is 5.56 Å². The molecule has 27 heavy (non-hydrogen) atoms. The Balaban J connectivity index is 1.53. The molecule has 0 bridgehead atoms. The zero-order valence-electron chi connectivity index (χ0n) is 15.1. The summed E-state index contributed by atoms with van der Waals surface area (Å²) in [5.74, 6) is -3.45. The van der Waals surface area contributed by atoms with E-state index in [4.69, 9.17) is 0 Å². The highest BCUT2D eigenvalue weighted by Gasteiger charge is 2.27. The van der Waals surface area contributed by atoms with Gasteiger partial charge in [0.25, 0.3) is 5.92 Å². The van der Waals surface area contributed by atoms with E-state index in [1.807, 2.05) is 0 Å². The van der Waals surface area contributed by atoms with Gasteiger partial charge >= 0.3 is 0 Å². The molecule has 1 amide bonds. The molecule has 1 aromatic carbocycles. The van der Waals surface area contributed by atoms with Gasteiger partial charge in [-0.1, -0.05) is 30.8 Å². The lowest BCUT2D eigenvalue weighted by Crippen LogP contribution is -2.48. The quantitative estimate of drug-likeness (QED) is 0.720. The molecule has 1 saturated heterocycles. The molecule has 1 heterocycles.